The highest BCUT2D eigenvalue weighted by Crippen LogP contribution is 2.28. The van der Waals surface area contributed by atoms with Crippen molar-refractivity contribution in [3.8, 4) is 0 Å². The average molecular weight is 329 g/mol. The number of halogens is 1. The highest BCUT2D eigenvalue weighted by atomic mass is 79.9. The van der Waals surface area contributed by atoms with Gasteiger partial charge in [0, 0.05) is 36.2 Å². The molecule has 1 aliphatic heterocycles. The molecule has 19 heavy (non-hydrogen) atoms. The van der Waals surface area contributed by atoms with Crippen LogP contribution in [0.3, 0.4) is 0 Å². The molecule has 6 nitrogen and oxygen atoms in total. The highest BCUT2D eigenvalue weighted by Gasteiger charge is 2.33. The summed E-state index contributed by atoms with van der Waals surface area (Å²) in [5.74, 6) is -0.553. The number of aliphatic hydroxyl groups is 1. The second-order valence-corrected chi connectivity index (χ2v) is 5.19. The summed E-state index contributed by atoms with van der Waals surface area (Å²) in [5, 5.41) is 9.12. The van der Waals surface area contributed by atoms with E-state index in [4.69, 9.17) is 9.84 Å². The quantitative estimate of drug-likeness (QED) is 0.836. The summed E-state index contributed by atoms with van der Waals surface area (Å²) in [6.45, 7) is 0.292. The van der Waals surface area contributed by atoms with E-state index < -0.39 is 5.97 Å². The zero-order valence-electron chi connectivity index (χ0n) is 10.3. The Bertz CT molecular complexity index is 520. The molecule has 1 unspecified atom stereocenters. The summed E-state index contributed by atoms with van der Waals surface area (Å²) in [6.07, 6.45) is 1.77. The number of ether oxygens (including phenoxy) is 1. The van der Waals surface area contributed by atoms with Crippen molar-refractivity contribution in [3.05, 3.63) is 22.3 Å². The van der Waals surface area contributed by atoms with Crippen LogP contribution in [0, 0.1) is 5.92 Å². The van der Waals surface area contributed by atoms with Crippen molar-refractivity contribution in [3.63, 3.8) is 0 Å². The van der Waals surface area contributed by atoms with Gasteiger partial charge >= 0.3 is 5.97 Å². The molecule has 1 atom stereocenters. The second kappa shape index (κ2) is 5.66. The fraction of sp³-hybridized carbons (Fsp3) is 0.417. The molecule has 0 aliphatic carbocycles. The van der Waals surface area contributed by atoms with Gasteiger partial charge in [-0.25, -0.2) is 9.78 Å². The van der Waals surface area contributed by atoms with Gasteiger partial charge in [-0.1, -0.05) is 0 Å². The monoisotopic (exact) mass is 328 g/mol. The Balaban J connectivity index is 2.39. The van der Waals surface area contributed by atoms with E-state index in [2.05, 4.69) is 20.9 Å². The molecule has 2 heterocycles. The van der Waals surface area contributed by atoms with Crippen LogP contribution in [0.5, 0.6) is 0 Å². The van der Waals surface area contributed by atoms with Gasteiger partial charge in [-0.05, 0) is 22.0 Å². The third-order valence-corrected chi connectivity index (χ3v) is 3.39. The Morgan fingerprint density at radius 2 is 2.42 bits per heavy atom. The molecule has 0 saturated carbocycles. The van der Waals surface area contributed by atoms with Gasteiger partial charge in [0.2, 0.25) is 5.91 Å². The Morgan fingerprint density at radius 1 is 1.68 bits per heavy atom. The van der Waals surface area contributed by atoms with E-state index >= 15 is 0 Å². The summed E-state index contributed by atoms with van der Waals surface area (Å²) < 4.78 is 5.32. The van der Waals surface area contributed by atoms with Gasteiger partial charge in [0.25, 0.3) is 0 Å². The van der Waals surface area contributed by atoms with Crippen molar-refractivity contribution in [2.45, 2.75) is 6.42 Å². The van der Waals surface area contributed by atoms with Crippen molar-refractivity contribution in [1.82, 2.24) is 4.98 Å². The van der Waals surface area contributed by atoms with Gasteiger partial charge in [-0.2, -0.15) is 0 Å². The van der Waals surface area contributed by atoms with Gasteiger partial charge in [0.1, 0.15) is 11.4 Å². The molecule has 0 spiro atoms. The highest BCUT2D eigenvalue weighted by molar-refractivity contribution is 9.10. The Hall–Kier alpha value is -1.47. The zero-order chi connectivity index (χ0) is 14.0. The third-order valence-electron chi connectivity index (χ3n) is 2.96. The van der Waals surface area contributed by atoms with Crippen molar-refractivity contribution < 1.29 is 19.4 Å². The maximum absolute atomic E-state index is 11.9. The minimum atomic E-state index is -0.552. The summed E-state index contributed by atoms with van der Waals surface area (Å²) in [4.78, 5) is 29.2. The summed E-state index contributed by atoms with van der Waals surface area (Å²) >= 11 is 3.23. The predicted octanol–water partition coefficient (Wildman–Crippen LogP) is 0.976. The minimum Gasteiger partial charge on any atom is -0.465 e. The zero-order valence-corrected chi connectivity index (χ0v) is 11.9. The number of hydrogen-bond donors (Lipinski definition) is 1. The van der Waals surface area contributed by atoms with Crippen LogP contribution in [0.4, 0.5) is 5.82 Å². The largest absolute Gasteiger partial charge is 0.465 e. The molecule has 2 rings (SSSR count). The fourth-order valence-corrected chi connectivity index (χ4v) is 2.35. The summed E-state index contributed by atoms with van der Waals surface area (Å²) in [7, 11) is 1.27. The molecule has 7 heteroatoms. The number of rotatable bonds is 3. The first kappa shape index (κ1) is 14.0. The van der Waals surface area contributed by atoms with Crippen molar-refractivity contribution in [2.75, 3.05) is 25.2 Å². The number of esters is 1. The fourth-order valence-electron chi connectivity index (χ4n) is 2.02. The first-order chi connectivity index (χ1) is 9.06. The number of anilines is 1. The number of hydrogen-bond acceptors (Lipinski definition) is 5. The number of carbonyl (C=O) groups is 2. The normalized spacial score (nSPS) is 18.8. The van der Waals surface area contributed by atoms with E-state index in [0.29, 0.717) is 11.0 Å². The lowest BCUT2D eigenvalue weighted by Gasteiger charge is -2.18. The van der Waals surface area contributed by atoms with Gasteiger partial charge in [0.05, 0.1) is 7.11 Å². The third kappa shape index (κ3) is 2.76. The molecule has 1 aromatic heterocycles. The molecule has 1 N–H and O–H groups in total. The Kier molecular flexibility index (Phi) is 4.16. The van der Waals surface area contributed by atoms with Crippen LogP contribution < -0.4 is 4.90 Å². The van der Waals surface area contributed by atoms with Crippen LogP contribution in [-0.2, 0) is 9.53 Å². The summed E-state index contributed by atoms with van der Waals surface area (Å²) in [6, 6.07) is 1.56. The van der Waals surface area contributed by atoms with Crippen LogP contribution in [0.1, 0.15) is 16.8 Å². The number of methoxy groups -OCH3 is 1. The molecule has 1 amide bonds. The molecule has 102 valence electrons. The Labute approximate surface area is 118 Å². The van der Waals surface area contributed by atoms with Crippen LogP contribution in [0.2, 0.25) is 0 Å². The van der Waals surface area contributed by atoms with Crippen LogP contribution in [-0.4, -0.2) is 42.2 Å². The van der Waals surface area contributed by atoms with E-state index in [1.807, 2.05) is 0 Å². The van der Waals surface area contributed by atoms with Crippen molar-refractivity contribution >= 4 is 33.6 Å². The van der Waals surface area contributed by atoms with E-state index in [1.165, 1.54) is 18.2 Å². The number of pyridine rings is 1. The van der Waals surface area contributed by atoms with E-state index in [9.17, 15) is 9.59 Å². The molecule has 0 aromatic carbocycles. The number of carbonyl (C=O) groups excluding carboxylic acids is 2. The Morgan fingerprint density at radius 3 is 3.00 bits per heavy atom. The van der Waals surface area contributed by atoms with Gasteiger partial charge < -0.3 is 9.84 Å². The first-order valence-corrected chi connectivity index (χ1v) is 6.51. The van der Waals surface area contributed by atoms with E-state index in [1.54, 1.807) is 6.07 Å². The molecule has 1 saturated heterocycles. The lowest BCUT2D eigenvalue weighted by molar-refractivity contribution is -0.117. The maximum atomic E-state index is 11.9. The number of nitrogens with zero attached hydrogens (tertiary/aromatic N) is 2. The van der Waals surface area contributed by atoms with Crippen molar-refractivity contribution in [1.29, 1.82) is 0 Å². The van der Waals surface area contributed by atoms with Gasteiger partial charge in [0.15, 0.2) is 0 Å². The number of amides is 1. The van der Waals surface area contributed by atoms with E-state index in [-0.39, 0.29) is 36.2 Å². The second-order valence-electron chi connectivity index (χ2n) is 4.27. The molecular weight excluding hydrogens is 316 g/mol. The SMILES string of the molecule is COC(=O)c1cc(Br)cnc1N1CC(CO)CC1=O. The van der Waals surface area contributed by atoms with Crippen LogP contribution in [0.15, 0.2) is 16.7 Å². The standard InChI is InChI=1S/C12H13BrN2O4/c1-19-12(18)9-3-8(13)4-14-11(9)15-5-7(6-16)2-10(15)17/h3-4,7,16H,2,5-6H2,1H3. The first-order valence-electron chi connectivity index (χ1n) is 5.72. The molecule has 0 bridgehead atoms. The molecule has 1 fully saturated rings. The lowest BCUT2D eigenvalue weighted by Crippen LogP contribution is -2.28. The van der Waals surface area contributed by atoms with Gasteiger partial charge in [-0.3, -0.25) is 9.69 Å². The number of aliphatic hydroxyl groups excluding tert-OH is 1. The molecule has 1 aromatic rings. The smallest absolute Gasteiger partial charge is 0.341 e. The topological polar surface area (TPSA) is 79.7 Å². The maximum Gasteiger partial charge on any atom is 0.341 e. The lowest BCUT2D eigenvalue weighted by atomic mass is 10.1. The van der Waals surface area contributed by atoms with Gasteiger partial charge in [-0.15, -0.1) is 0 Å². The molecule has 0 radical (unpaired) electrons. The van der Waals surface area contributed by atoms with Crippen LogP contribution >= 0.6 is 15.9 Å². The van der Waals surface area contributed by atoms with Crippen molar-refractivity contribution in [2.24, 2.45) is 5.92 Å². The van der Waals surface area contributed by atoms with Crippen LogP contribution in [0.25, 0.3) is 0 Å². The molecular formula is C12H13BrN2O4. The average Bonchev–Trinajstić information content (AvgIpc) is 2.79. The minimum absolute atomic E-state index is 0.0632. The summed E-state index contributed by atoms with van der Waals surface area (Å²) in [5.41, 5.74) is 0.226. The van der Waals surface area contributed by atoms with E-state index in [0.717, 1.165) is 0 Å². The predicted molar refractivity (Wildman–Crippen MR) is 70.8 cm³/mol. The number of aromatic nitrogens is 1. The molecule has 1 aliphatic rings.